The molecule has 0 aliphatic heterocycles. The van der Waals surface area contributed by atoms with Gasteiger partial charge in [0, 0.05) is 13.1 Å². The molecule has 0 spiro atoms. The number of rotatable bonds is 7. The maximum atomic E-state index is 9.49. The summed E-state index contributed by atoms with van der Waals surface area (Å²) in [4.78, 5) is 9.49. The maximum absolute atomic E-state index is 9.49. The van der Waals surface area contributed by atoms with Crippen molar-refractivity contribution in [3.05, 3.63) is 0 Å². The van der Waals surface area contributed by atoms with Gasteiger partial charge < -0.3 is 19.1 Å². The molecule has 0 radical (unpaired) electrons. The van der Waals surface area contributed by atoms with Gasteiger partial charge in [-0.2, -0.15) is 0 Å². The molecular formula is C12H27NO3. The minimum atomic E-state index is -0.961. The van der Waals surface area contributed by atoms with E-state index in [4.69, 9.17) is 4.74 Å². The average molecular weight is 233 g/mol. The third kappa shape index (κ3) is 8.68. The van der Waals surface area contributed by atoms with Gasteiger partial charge in [0.15, 0.2) is 6.73 Å². The van der Waals surface area contributed by atoms with E-state index < -0.39 is 5.97 Å². The summed E-state index contributed by atoms with van der Waals surface area (Å²) in [6.07, 6.45) is 0.850. The van der Waals surface area contributed by atoms with E-state index >= 15 is 0 Å². The molecule has 0 fully saturated rings. The molecule has 98 valence electrons. The Labute approximate surface area is 99.8 Å². The molecule has 0 aliphatic rings. The van der Waals surface area contributed by atoms with Crippen LogP contribution in [0.3, 0.4) is 0 Å². The van der Waals surface area contributed by atoms with Crippen molar-refractivity contribution in [2.45, 2.75) is 40.5 Å². The van der Waals surface area contributed by atoms with Gasteiger partial charge in [-0.25, -0.2) is 0 Å². The first-order valence-corrected chi connectivity index (χ1v) is 6.05. The zero-order chi connectivity index (χ0) is 13.0. The fraction of sp³-hybridized carbons (Fsp3) is 0.917. The summed E-state index contributed by atoms with van der Waals surface area (Å²) in [5, 5.41) is 9.49. The second-order valence-corrected chi connectivity index (χ2v) is 3.83. The third-order valence-corrected chi connectivity index (χ3v) is 2.87. The number of methoxy groups -OCH3 is 1. The van der Waals surface area contributed by atoms with Crippen LogP contribution in [0.25, 0.3) is 0 Å². The summed E-state index contributed by atoms with van der Waals surface area (Å²) in [5.74, 6) is -0.961. The Hall–Kier alpha value is -0.610. The standard InChI is InChI=1S/C8H20NO.C4H8O2/c1-5-9(6-2,7-3)8-10-4;1-2-3-4(5)6/h5-8H2,1-4H3;2-3H2,1H3,(H,5,6)/q+1;/p-1. The summed E-state index contributed by atoms with van der Waals surface area (Å²) in [5.41, 5.74) is 0. The first-order chi connectivity index (χ1) is 7.51. The Morgan fingerprint density at radius 3 is 1.62 bits per heavy atom. The second kappa shape index (κ2) is 10.9. The van der Waals surface area contributed by atoms with Crippen LogP contribution in [-0.4, -0.2) is 43.9 Å². The largest absolute Gasteiger partial charge is 0.550 e. The molecule has 0 saturated heterocycles. The van der Waals surface area contributed by atoms with Crippen molar-refractivity contribution in [3.63, 3.8) is 0 Å². The van der Waals surface area contributed by atoms with Crippen LogP contribution in [0, 0.1) is 0 Å². The number of carbonyl (C=O) groups excluding carboxylic acids is 1. The van der Waals surface area contributed by atoms with Crippen LogP contribution in [-0.2, 0) is 9.53 Å². The van der Waals surface area contributed by atoms with Crippen LogP contribution in [0.2, 0.25) is 0 Å². The third-order valence-electron chi connectivity index (χ3n) is 2.87. The molecule has 0 heterocycles. The van der Waals surface area contributed by atoms with E-state index in [0.29, 0.717) is 6.42 Å². The van der Waals surface area contributed by atoms with E-state index in [1.54, 1.807) is 14.0 Å². The highest BCUT2D eigenvalue weighted by Gasteiger charge is 2.19. The fourth-order valence-electron chi connectivity index (χ4n) is 1.42. The highest BCUT2D eigenvalue weighted by molar-refractivity contribution is 5.63. The zero-order valence-corrected chi connectivity index (χ0v) is 11.4. The lowest BCUT2D eigenvalue weighted by atomic mass is 10.4. The van der Waals surface area contributed by atoms with Gasteiger partial charge in [0.2, 0.25) is 0 Å². The molecule has 0 aromatic heterocycles. The van der Waals surface area contributed by atoms with Crippen LogP contribution in [0.4, 0.5) is 0 Å². The van der Waals surface area contributed by atoms with Crippen LogP contribution < -0.4 is 5.11 Å². The van der Waals surface area contributed by atoms with Crippen molar-refractivity contribution in [1.82, 2.24) is 0 Å². The molecule has 0 unspecified atom stereocenters. The normalized spacial score (nSPS) is 10.6. The van der Waals surface area contributed by atoms with Gasteiger partial charge in [-0.05, 0) is 27.2 Å². The lowest BCUT2D eigenvalue weighted by Crippen LogP contribution is -2.48. The Morgan fingerprint density at radius 1 is 1.12 bits per heavy atom. The van der Waals surface area contributed by atoms with Gasteiger partial charge in [0.05, 0.1) is 19.6 Å². The number of hydrogen-bond acceptors (Lipinski definition) is 3. The number of carbonyl (C=O) groups is 1. The summed E-state index contributed by atoms with van der Waals surface area (Å²) < 4.78 is 6.23. The lowest BCUT2D eigenvalue weighted by molar-refractivity contribution is -0.940. The van der Waals surface area contributed by atoms with E-state index in [9.17, 15) is 9.90 Å². The van der Waals surface area contributed by atoms with Gasteiger partial charge in [-0.1, -0.05) is 13.3 Å². The fourth-order valence-corrected chi connectivity index (χ4v) is 1.42. The molecule has 0 aromatic rings. The van der Waals surface area contributed by atoms with Crippen LogP contribution in [0.5, 0.6) is 0 Å². The monoisotopic (exact) mass is 233 g/mol. The molecule has 4 heteroatoms. The molecule has 0 rings (SSSR count). The van der Waals surface area contributed by atoms with Crippen molar-refractivity contribution in [3.8, 4) is 0 Å². The van der Waals surface area contributed by atoms with Crippen molar-refractivity contribution in [2.75, 3.05) is 33.5 Å². The minimum absolute atomic E-state index is 0.181. The first-order valence-electron chi connectivity index (χ1n) is 6.05. The van der Waals surface area contributed by atoms with E-state index in [1.165, 1.54) is 19.6 Å². The van der Waals surface area contributed by atoms with E-state index in [-0.39, 0.29) is 6.42 Å². The number of ether oxygens (including phenoxy) is 1. The SMILES string of the molecule is CCCC(=O)[O-].CC[N+](CC)(CC)COC. The van der Waals surface area contributed by atoms with E-state index in [2.05, 4.69) is 20.8 Å². The quantitative estimate of drug-likeness (QED) is 0.487. The van der Waals surface area contributed by atoms with Crippen LogP contribution in [0.1, 0.15) is 40.5 Å². The molecule has 0 N–H and O–H groups in total. The number of carboxylic acids is 1. The van der Waals surface area contributed by atoms with E-state index in [1.807, 2.05) is 0 Å². The predicted molar refractivity (Wildman–Crippen MR) is 63.7 cm³/mol. The number of aliphatic carboxylic acids is 1. The first kappa shape index (κ1) is 17.8. The minimum Gasteiger partial charge on any atom is -0.550 e. The Bertz CT molecular complexity index is 159. The number of nitrogens with zero attached hydrogens (tertiary/aromatic N) is 1. The van der Waals surface area contributed by atoms with Crippen molar-refractivity contribution < 1.29 is 19.1 Å². The smallest absolute Gasteiger partial charge is 0.182 e. The number of hydrogen-bond donors (Lipinski definition) is 0. The number of carboxylic acid groups (broad SMARTS) is 1. The van der Waals surface area contributed by atoms with Crippen molar-refractivity contribution >= 4 is 5.97 Å². The van der Waals surface area contributed by atoms with Gasteiger partial charge >= 0.3 is 0 Å². The molecule has 0 aliphatic carbocycles. The maximum Gasteiger partial charge on any atom is 0.182 e. The molecule has 0 atom stereocenters. The van der Waals surface area contributed by atoms with Gasteiger partial charge in [0.25, 0.3) is 0 Å². The Balaban J connectivity index is 0. The van der Waals surface area contributed by atoms with Crippen LogP contribution in [0.15, 0.2) is 0 Å². The molecule has 0 bridgehead atoms. The van der Waals surface area contributed by atoms with Crippen LogP contribution >= 0.6 is 0 Å². The van der Waals surface area contributed by atoms with Gasteiger partial charge in [-0.15, -0.1) is 0 Å². The molecular weight excluding hydrogens is 206 g/mol. The molecule has 4 nitrogen and oxygen atoms in total. The molecule has 16 heavy (non-hydrogen) atoms. The molecule has 0 aromatic carbocycles. The van der Waals surface area contributed by atoms with Crippen molar-refractivity contribution in [2.24, 2.45) is 0 Å². The summed E-state index contributed by atoms with van der Waals surface area (Å²) in [7, 11) is 1.77. The van der Waals surface area contributed by atoms with Gasteiger partial charge in [0.1, 0.15) is 0 Å². The average Bonchev–Trinajstić information content (AvgIpc) is 2.27. The summed E-state index contributed by atoms with van der Waals surface area (Å²) in [6, 6.07) is 0. The lowest BCUT2D eigenvalue weighted by Gasteiger charge is -2.34. The highest BCUT2D eigenvalue weighted by atomic mass is 16.5. The second-order valence-electron chi connectivity index (χ2n) is 3.83. The summed E-state index contributed by atoms with van der Waals surface area (Å²) in [6.45, 7) is 12.8. The predicted octanol–water partition coefficient (Wildman–Crippen LogP) is 1.00. The zero-order valence-electron chi connectivity index (χ0n) is 11.4. The number of quaternary nitrogens is 1. The summed E-state index contributed by atoms with van der Waals surface area (Å²) >= 11 is 0. The molecule has 0 amide bonds. The Kier molecular flexibility index (Phi) is 12.1. The van der Waals surface area contributed by atoms with E-state index in [0.717, 1.165) is 11.2 Å². The molecule has 0 saturated carbocycles. The topological polar surface area (TPSA) is 49.4 Å². The van der Waals surface area contributed by atoms with Crippen molar-refractivity contribution in [1.29, 1.82) is 0 Å². The Morgan fingerprint density at radius 2 is 1.56 bits per heavy atom. The highest BCUT2D eigenvalue weighted by Crippen LogP contribution is 2.04. The van der Waals surface area contributed by atoms with Gasteiger partial charge in [-0.3, -0.25) is 0 Å².